The molecule has 0 atom stereocenters. The Bertz CT molecular complexity index is 777. The summed E-state index contributed by atoms with van der Waals surface area (Å²) >= 11 is 0. The summed E-state index contributed by atoms with van der Waals surface area (Å²) in [6.45, 7) is 0. The maximum Gasteiger partial charge on any atom is 0.0395 e. The lowest BCUT2D eigenvalue weighted by atomic mass is 10.0. The highest BCUT2D eigenvalue weighted by molar-refractivity contribution is 5.80. The number of nitrogen functional groups attached to an aromatic ring is 3. The van der Waals surface area contributed by atoms with Crippen LogP contribution < -0.4 is 22.5 Å². The van der Waals surface area contributed by atoms with Crippen molar-refractivity contribution in [2.45, 2.75) is 0 Å². The van der Waals surface area contributed by atoms with Crippen LogP contribution >= 0.6 is 0 Å². The van der Waals surface area contributed by atoms with Crippen molar-refractivity contribution in [2.24, 2.45) is 0 Å². The molecular weight excluding hydrogens is 272 g/mol. The van der Waals surface area contributed by atoms with E-state index in [2.05, 4.69) is 5.32 Å². The highest BCUT2D eigenvalue weighted by atomic mass is 14.9. The van der Waals surface area contributed by atoms with Crippen molar-refractivity contribution < 1.29 is 0 Å². The first-order valence-corrected chi connectivity index (χ1v) is 7.00. The summed E-state index contributed by atoms with van der Waals surface area (Å²) in [4.78, 5) is 0. The summed E-state index contributed by atoms with van der Waals surface area (Å²) in [5, 5.41) is 3.32. The molecule has 4 heteroatoms. The maximum absolute atomic E-state index is 6.01. The smallest absolute Gasteiger partial charge is 0.0395 e. The zero-order valence-corrected chi connectivity index (χ0v) is 12.1. The van der Waals surface area contributed by atoms with Crippen LogP contribution in [-0.2, 0) is 0 Å². The Morgan fingerprint density at radius 2 is 1.14 bits per heavy atom. The molecule has 0 aliphatic carbocycles. The lowest BCUT2D eigenvalue weighted by molar-refractivity contribution is 1.54. The molecular formula is C18H18N4. The lowest BCUT2D eigenvalue weighted by Crippen LogP contribution is -1.94. The van der Waals surface area contributed by atoms with E-state index in [1.54, 1.807) is 6.07 Å². The van der Waals surface area contributed by atoms with Crippen LogP contribution in [0.25, 0.3) is 11.1 Å². The van der Waals surface area contributed by atoms with Crippen LogP contribution in [0.4, 0.5) is 28.4 Å². The van der Waals surface area contributed by atoms with Gasteiger partial charge in [0.2, 0.25) is 0 Å². The van der Waals surface area contributed by atoms with Crippen LogP contribution in [0.2, 0.25) is 0 Å². The molecule has 4 nitrogen and oxygen atoms in total. The minimum atomic E-state index is 0.702. The highest BCUT2D eigenvalue weighted by Crippen LogP contribution is 2.29. The van der Waals surface area contributed by atoms with Crippen LogP contribution in [0, 0.1) is 0 Å². The zero-order valence-electron chi connectivity index (χ0n) is 12.1. The third-order valence-corrected chi connectivity index (χ3v) is 3.47. The third kappa shape index (κ3) is 2.96. The molecule has 0 fully saturated rings. The number of hydrogen-bond acceptors (Lipinski definition) is 4. The predicted molar refractivity (Wildman–Crippen MR) is 94.8 cm³/mol. The van der Waals surface area contributed by atoms with Gasteiger partial charge in [0.25, 0.3) is 0 Å². The molecule has 0 bridgehead atoms. The Balaban J connectivity index is 1.83. The van der Waals surface area contributed by atoms with Gasteiger partial charge in [0.1, 0.15) is 0 Å². The van der Waals surface area contributed by atoms with Crippen molar-refractivity contribution in [1.82, 2.24) is 0 Å². The number of nitrogens with one attached hydrogen (secondary N) is 1. The molecule has 22 heavy (non-hydrogen) atoms. The van der Waals surface area contributed by atoms with Gasteiger partial charge in [-0.1, -0.05) is 12.1 Å². The highest BCUT2D eigenvalue weighted by Gasteiger charge is 2.03. The first-order valence-electron chi connectivity index (χ1n) is 7.00. The van der Waals surface area contributed by atoms with E-state index in [0.717, 1.165) is 28.2 Å². The number of hydrogen-bond donors (Lipinski definition) is 4. The van der Waals surface area contributed by atoms with Gasteiger partial charge in [-0.3, -0.25) is 0 Å². The Hall–Kier alpha value is -3.14. The maximum atomic E-state index is 6.01. The number of rotatable bonds is 3. The first kappa shape index (κ1) is 13.8. The van der Waals surface area contributed by atoms with E-state index in [1.807, 2.05) is 60.7 Å². The van der Waals surface area contributed by atoms with Crippen molar-refractivity contribution >= 4 is 28.4 Å². The first-order chi connectivity index (χ1) is 10.6. The predicted octanol–water partition coefficient (Wildman–Crippen LogP) is 3.84. The molecule has 0 saturated carbocycles. The minimum absolute atomic E-state index is 0.702. The summed E-state index contributed by atoms with van der Waals surface area (Å²) in [5.74, 6) is 0. The van der Waals surface area contributed by atoms with Gasteiger partial charge in [-0.05, 0) is 60.2 Å². The van der Waals surface area contributed by atoms with Crippen molar-refractivity contribution in [2.75, 3.05) is 22.5 Å². The van der Waals surface area contributed by atoms with E-state index in [4.69, 9.17) is 17.2 Å². The van der Waals surface area contributed by atoms with Crippen molar-refractivity contribution in [3.63, 3.8) is 0 Å². The molecule has 0 radical (unpaired) electrons. The molecule has 0 heterocycles. The minimum Gasteiger partial charge on any atom is -0.399 e. The molecule has 0 spiro atoms. The van der Waals surface area contributed by atoms with Gasteiger partial charge in [-0.25, -0.2) is 0 Å². The molecule has 7 N–H and O–H groups in total. The molecule has 3 rings (SSSR count). The van der Waals surface area contributed by atoms with Gasteiger partial charge in [-0.15, -0.1) is 0 Å². The Labute approximate surface area is 129 Å². The topological polar surface area (TPSA) is 90.1 Å². The second-order valence-corrected chi connectivity index (χ2v) is 5.17. The summed E-state index contributed by atoms with van der Waals surface area (Å²) in [7, 11) is 0. The fourth-order valence-corrected chi connectivity index (χ4v) is 2.29. The SMILES string of the molecule is Nc1ccc(Nc2ccc(-c3cc(N)ccc3N)cc2)cc1. The van der Waals surface area contributed by atoms with Gasteiger partial charge in [0, 0.05) is 34.0 Å². The summed E-state index contributed by atoms with van der Waals surface area (Å²) < 4.78 is 0. The van der Waals surface area contributed by atoms with Gasteiger partial charge in [0.05, 0.1) is 0 Å². The molecule has 3 aromatic rings. The summed E-state index contributed by atoms with van der Waals surface area (Å²) in [6, 6.07) is 21.2. The van der Waals surface area contributed by atoms with Crippen LogP contribution in [0.15, 0.2) is 66.7 Å². The standard InChI is InChI=1S/C18H18N4/c19-13-3-8-16(9-4-13)22-15-6-1-12(2-7-15)17-11-14(20)5-10-18(17)21/h1-11,22H,19-21H2. The van der Waals surface area contributed by atoms with Crippen LogP contribution in [0.1, 0.15) is 0 Å². The lowest BCUT2D eigenvalue weighted by Gasteiger charge is -2.10. The van der Waals surface area contributed by atoms with E-state index in [0.29, 0.717) is 11.4 Å². The fourth-order valence-electron chi connectivity index (χ4n) is 2.29. The average Bonchev–Trinajstić information content (AvgIpc) is 2.53. The molecule has 0 aromatic heterocycles. The molecule has 0 aliphatic rings. The summed E-state index contributed by atoms with van der Waals surface area (Å²) in [5.41, 5.74) is 23.7. The summed E-state index contributed by atoms with van der Waals surface area (Å²) in [6.07, 6.45) is 0. The third-order valence-electron chi connectivity index (χ3n) is 3.47. The molecule has 0 aliphatic heterocycles. The van der Waals surface area contributed by atoms with Crippen molar-refractivity contribution in [3.8, 4) is 11.1 Å². The van der Waals surface area contributed by atoms with Gasteiger partial charge >= 0.3 is 0 Å². The average molecular weight is 290 g/mol. The fraction of sp³-hybridized carbons (Fsp3) is 0. The van der Waals surface area contributed by atoms with Gasteiger partial charge in [0.15, 0.2) is 0 Å². The van der Waals surface area contributed by atoms with Crippen LogP contribution in [0.3, 0.4) is 0 Å². The quantitative estimate of drug-likeness (QED) is 0.552. The molecule has 3 aromatic carbocycles. The Kier molecular flexibility index (Phi) is 3.58. The van der Waals surface area contributed by atoms with E-state index in [9.17, 15) is 0 Å². The Morgan fingerprint density at radius 1 is 0.591 bits per heavy atom. The molecule has 0 saturated heterocycles. The zero-order chi connectivity index (χ0) is 15.5. The number of anilines is 5. The Morgan fingerprint density at radius 3 is 1.77 bits per heavy atom. The molecule has 0 unspecified atom stereocenters. The monoisotopic (exact) mass is 290 g/mol. The van der Waals surface area contributed by atoms with Crippen LogP contribution in [-0.4, -0.2) is 0 Å². The van der Waals surface area contributed by atoms with Gasteiger partial charge < -0.3 is 22.5 Å². The second-order valence-electron chi connectivity index (χ2n) is 5.17. The van der Waals surface area contributed by atoms with E-state index in [-0.39, 0.29) is 0 Å². The van der Waals surface area contributed by atoms with E-state index >= 15 is 0 Å². The number of benzene rings is 3. The molecule has 0 amide bonds. The largest absolute Gasteiger partial charge is 0.399 e. The van der Waals surface area contributed by atoms with Gasteiger partial charge in [-0.2, -0.15) is 0 Å². The molecule has 110 valence electrons. The van der Waals surface area contributed by atoms with Crippen molar-refractivity contribution in [1.29, 1.82) is 0 Å². The normalized spacial score (nSPS) is 10.4. The van der Waals surface area contributed by atoms with Crippen molar-refractivity contribution in [3.05, 3.63) is 66.7 Å². The second kappa shape index (κ2) is 5.69. The van der Waals surface area contributed by atoms with E-state index < -0.39 is 0 Å². The van der Waals surface area contributed by atoms with E-state index in [1.165, 1.54) is 0 Å². The number of nitrogens with two attached hydrogens (primary N) is 3. The van der Waals surface area contributed by atoms with Crippen LogP contribution in [0.5, 0.6) is 0 Å².